The molecule has 17 heavy (non-hydrogen) atoms. The molecule has 88 valence electrons. The Labute approximate surface area is 117 Å². The number of nitrogens with zero attached hydrogens (tertiary/aromatic N) is 2. The summed E-state index contributed by atoms with van der Waals surface area (Å²) in [5, 5.41) is 10.4. The highest BCUT2D eigenvalue weighted by Crippen LogP contribution is 2.28. The third-order valence-corrected chi connectivity index (χ3v) is 3.18. The number of aliphatic hydroxyl groups excluding tert-OH is 1. The van der Waals surface area contributed by atoms with Crippen molar-refractivity contribution in [2.45, 2.75) is 6.10 Å². The molecule has 0 aliphatic rings. The highest BCUT2D eigenvalue weighted by atomic mass is 79.9. The predicted molar refractivity (Wildman–Crippen MR) is 70.3 cm³/mol. The average molecular weight is 334 g/mol. The summed E-state index contributed by atoms with van der Waals surface area (Å²) in [6.45, 7) is 0. The van der Waals surface area contributed by atoms with Gasteiger partial charge in [0, 0.05) is 16.2 Å². The normalized spacial score (nSPS) is 12.5. The lowest BCUT2D eigenvalue weighted by Crippen LogP contribution is -2.02. The second-order valence-corrected chi connectivity index (χ2v) is 4.95. The smallest absolute Gasteiger partial charge is 0.223 e. The maximum atomic E-state index is 10.2. The Bertz CT molecular complexity index is 551. The molecule has 1 aromatic carbocycles. The van der Waals surface area contributed by atoms with Crippen LogP contribution in [0.4, 0.5) is 0 Å². The van der Waals surface area contributed by atoms with Crippen LogP contribution in [0.15, 0.2) is 34.9 Å². The molecule has 3 nitrogen and oxygen atoms in total. The van der Waals surface area contributed by atoms with Gasteiger partial charge in [0.05, 0.1) is 0 Å². The van der Waals surface area contributed by atoms with Gasteiger partial charge in [0.1, 0.15) is 11.3 Å². The third-order valence-electron chi connectivity index (χ3n) is 2.20. The minimum atomic E-state index is -0.878. The zero-order chi connectivity index (χ0) is 12.4. The third kappa shape index (κ3) is 2.96. The largest absolute Gasteiger partial charge is 0.383 e. The predicted octanol–water partition coefficient (Wildman–Crippen LogP) is 3.63. The molecular weight excluding hydrogens is 327 g/mol. The number of rotatable bonds is 2. The van der Waals surface area contributed by atoms with Crippen LogP contribution in [0.2, 0.25) is 10.4 Å². The molecule has 0 amide bonds. The number of aliphatic hydroxyl groups is 1. The van der Waals surface area contributed by atoms with E-state index >= 15 is 0 Å². The van der Waals surface area contributed by atoms with Crippen LogP contribution in [-0.2, 0) is 0 Å². The summed E-state index contributed by atoms with van der Waals surface area (Å²) in [5.41, 5.74) is 1.13. The molecule has 0 spiro atoms. The maximum absolute atomic E-state index is 10.2. The van der Waals surface area contributed by atoms with Crippen molar-refractivity contribution in [1.29, 1.82) is 0 Å². The van der Waals surface area contributed by atoms with Crippen LogP contribution in [0.1, 0.15) is 17.2 Å². The molecule has 1 N–H and O–H groups in total. The molecule has 0 fully saturated rings. The number of aromatic nitrogens is 2. The molecule has 0 unspecified atom stereocenters. The van der Waals surface area contributed by atoms with Crippen molar-refractivity contribution in [3.8, 4) is 0 Å². The molecule has 0 saturated carbocycles. The number of benzene rings is 1. The monoisotopic (exact) mass is 332 g/mol. The van der Waals surface area contributed by atoms with E-state index in [-0.39, 0.29) is 10.4 Å². The second kappa shape index (κ2) is 5.31. The Morgan fingerprint density at radius 1 is 1.29 bits per heavy atom. The van der Waals surface area contributed by atoms with Crippen molar-refractivity contribution in [3.05, 3.63) is 56.5 Å². The van der Waals surface area contributed by atoms with Crippen molar-refractivity contribution >= 4 is 39.1 Å². The van der Waals surface area contributed by atoms with Crippen molar-refractivity contribution in [3.63, 3.8) is 0 Å². The Morgan fingerprint density at radius 2 is 2.06 bits per heavy atom. The summed E-state index contributed by atoms with van der Waals surface area (Å²) in [6.07, 6.45) is 0.542. The van der Waals surface area contributed by atoms with Gasteiger partial charge in [0.25, 0.3) is 0 Å². The SMILES string of the molecule is O[C@H](c1cccc(Br)c1)c1cnc(Cl)nc1Cl. The van der Waals surface area contributed by atoms with Gasteiger partial charge in [-0.25, -0.2) is 9.97 Å². The van der Waals surface area contributed by atoms with Gasteiger partial charge in [-0.05, 0) is 29.3 Å². The first-order chi connectivity index (χ1) is 8.08. The second-order valence-electron chi connectivity index (χ2n) is 3.34. The van der Waals surface area contributed by atoms with Crippen molar-refractivity contribution < 1.29 is 5.11 Å². The van der Waals surface area contributed by atoms with Gasteiger partial charge in [-0.3, -0.25) is 0 Å². The Hall–Kier alpha value is -0.680. The summed E-state index contributed by atoms with van der Waals surface area (Å²) < 4.78 is 0.875. The molecular formula is C11H7BrCl2N2O. The standard InChI is InChI=1S/C11H7BrCl2N2O/c12-7-3-1-2-6(4-7)9(17)8-5-15-11(14)16-10(8)13/h1-5,9,17H/t9-/m1/s1. The molecule has 2 rings (SSSR count). The Balaban J connectivity index is 2.40. The van der Waals surface area contributed by atoms with Gasteiger partial charge < -0.3 is 5.11 Å². The molecule has 6 heteroatoms. The van der Waals surface area contributed by atoms with E-state index in [4.69, 9.17) is 23.2 Å². The summed E-state index contributed by atoms with van der Waals surface area (Å²) in [7, 11) is 0. The zero-order valence-electron chi connectivity index (χ0n) is 8.44. The molecule has 0 saturated heterocycles. The lowest BCUT2D eigenvalue weighted by molar-refractivity contribution is 0.219. The van der Waals surface area contributed by atoms with Crippen LogP contribution in [-0.4, -0.2) is 15.1 Å². The summed E-state index contributed by atoms with van der Waals surface area (Å²) in [4.78, 5) is 7.60. The number of hydrogen-bond acceptors (Lipinski definition) is 3. The van der Waals surface area contributed by atoms with Gasteiger partial charge in [0.2, 0.25) is 5.28 Å². The van der Waals surface area contributed by atoms with E-state index in [0.29, 0.717) is 11.1 Å². The van der Waals surface area contributed by atoms with E-state index in [2.05, 4.69) is 25.9 Å². The van der Waals surface area contributed by atoms with Crippen LogP contribution >= 0.6 is 39.1 Å². The molecule has 1 heterocycles. The quantitative estimate of drug-likeness (QED) is 0.674. The van der Waals surface area contributed by atoms with Gasteiger partial charge in [-0.2, -0.15) is 0 Å². The maximum Gasteiger partial charge on any atom is 0.223 e. The zero-order valence-corrected chi connectivity index (χ0v) is 11.5. The Kier molecular flexibility index (Phi) is 3.99. The van der Waals surface area contributed by atoms with Gasteiger partial charge >= 0.3 is 0 Å². The van der Waals surface area contributed by atoms with Gasteiger partial charge in [-0.15, -0.1) is 0 Å². The molecule has 2 aromatic rings. The van der Waals surface area contributed by atoms with E-state index in [1.165, 1.54) is 6.20 Å². The molecule has 1 atom stereocenters. The molecule has 1 aromatic heterocycles. The first-order valence-corrected chi connectivity index (χ1v) is 6.24. The fourth-order valence-corrected chi connectivity index (χ4v) is 2.22. The number of hydrogen-bond donors (Lipinski definition) is 1. The van der Waals surface area contributed by atoms with Crippen LogP contribution in [0.25, 0.3) is 0 Å². The molecule has 0 aliphatic carbocycles. The van der Waals surface area contributed by atoms with Crippen molar-refractivity contribution in [1.82, 2.24) is 9.97 Å². The van der Waals surface area contributed by atoms with Gasteiger partial charge in [-0.1, -0.05) is 39.7 Å². The van der Waals surface area contributed by atoms with E-state index in [1.807, 2.05) is 12.1 Å². The van der Waals surface area contributed by atoms with E-state index in [0.717, 1.165) is 4.47 Å². The van der Waals surface area contributed by atoms with Crippen LogP contribution in [0.3, 0.4) is 0 Å². The van der Waals surface area contributed by atoms with Gasteiger partial charge in [0.15, 0.2) is 0 Å². The fraction of sp³-hybridized carbons (Fsp3) is 0.0909. The van der Waals surface area contributed by atoms with Crippen molar-refractivity contribution in [2.75, 3.05) is 0 Å². The summed E-state index contributed by atoms with van der Waals surface area (Å²) >= 11 is 14.8. The minimum absolute atomic E-state index is 0.0557. The fourth-order valence-electron chi connectivity index (χ4n) is 1.39. The first-order valence-electron chi connectivity index (χ1n) is 4.69. The first kappa shape index (κ1) is 12.8. The topological polar surface area (TPSA) is 46.0 Å². The lowest BCUT2D eigenvalue weighted by Gasteiger charge is -2.12. The molecule has 0 radical (unpaired) electrons. The van der Waals surface area contributed by atoms with E-state index < -0.39 is 6.10 Å². The van der Waals surface area contributed by atoms with Crippen LogP contribution < -0.4 is 0 Å². The number of halogens is 3. The highest BCUT2D eigenvalue weighted by molar-refractivity contribution is 9.10. The molecule has 0 bridgehead atoms. The van der Waals surface area contributed by atoms with E-state index in [1.54, 1.807) is 12.1 Å². The Morgan fingerprint density at radius 3 is 2.71 bits per heavy atom. The summed E-state index contributed by atoms with van der Waals surface area (Å²) in [5.74, 6) is 0. The van der Waals surface area contributed by atoms with Crippen LogP contribution in [0, 0.1) is 0 Å². The minimum Gasteiger partial charge on any atom is -0.383 e. The van der Waals surface area contributed by atoms with Crippen LogP contribution in [0.5, 0.6) is 0 Å². The highest BCUT2D eigenvalue weighted by Gasteiger charge is 2.16. The van der Waals surface area contributed by atoms with E-state index in [9.17, 15) is 5.11 Å². The van der Waals surface area contributed by atoms with Crippen molar-refractivity contribution in [2.24, 2.45) is 0 Å². The average Bonchev–Trinajstić information content (AvgIpc) is 2.28. The summed E-state index contributed by atoms with van der Waals surface area (Å²) in [6, 6.07) is 7.29. The molecule has 0 aliphatic heterocycles. The lowest BCUT2D eigenvalue weighted by atomic mass is 10.0.